The predicted octanol–water partition coefficient (Wildman–Crippen LogP) is 3.51. The Balaban J connectivity index is 4.35. The first-order valence-electron chi connectivity index (χ1n) is 6.08. The van der Waals surface area contributed by atoms with E-state index in [2.05, 4.69) is 33.0 Å². The highest BCUT2D eigenvalue weighted by Crippen LogP contribution is 2.24. The summed E-state index contributed by atoms with van der Waals surface area (Å²) in [5, 5.41) is 3.14. The zero-order valence-corrected chi connectivity index (χ0v) is 11.2. The van der Waals surface area contributed by atoms with Crippen LogP contribution in [0.15, 0.2) is 0 Å². The maximum atomic E-state index is 12.0. The molecule has 0 fully saturated rings. The van der Waals surface area contributed by atoms with Crippen molar-refractivity contribution in [2.24, 2.45) is 5.41 Å². The lowest BCUT2D eigenvalue weighted by atomic mass is 9.85. The minimum atomic E-state index is -0.236. The molecule has 0 rings (SSSR count). The van der Waals surface area contributed by atoms with Crippen molar-refractivity contribution in [3.63, 3.8) is 0 Å². The molecule has 90 valence electrons. The molecule has 0 aromatic carbocycles. The largest absolute Gasteiger partial charge is 0.351 e. The molecular formula is C13H27NO. The maximum absolute atomic E-state index is 12.0. The van der Waals surface area contributed by atoms with Crippen LogP contribution in [0.3, 0.4) is 0 Å². The Hall–Kier alpha value is -0.530. The number of hydrogen-bond acceptors (Lipinski definition) is 1. The molecule has 0 atom stereocenters. The van der Waals surface area contributed by atoms with Gasteiger partial charge in [0.25, 0.3) is 0 Å². The van der Waals surface area contributed by atoms with Gasteiger partial charge in [-0.3, -0.25) is 4.79 Å². The van der Waals surface area contributed by atoms with Crippen LogP contribution in [0.25, 0.3) is 0 Å². The molecule has 0 aromatic heterocycles. The zero-order chi connectivity index (χ0) is 12.1. The van der Waals surface area contributed by atoms with E-state index in [9.17, 15) is 4.79 Å². The minimum absolute atomic E-state index is 0.0726. The quantitative estimate of drug-likeness (QED) is 0.718. The van der Waals surface area contributed by atoms with Crippen LogP contribution < -0.4 is 5.32 Å². The first kappa shape index (κ1) is 14.5. The summed E-state index contributed by atoms with van der Waals surface area (Å²) in [5.74, 6) is 0.183. The molecule has 0 spiro atoms. The molecule has 1 amide bonds. The average Bonchev–Trinajstić information content (AvgIpc) is 2.02. The Morgan fingerprint density at radius 1 is 1.00 bits per heavy atom. The highest BCUT2D eigenvalue weighted by molar-refractivity contribution is 5.82. The Labute approximate surface area is 94.8 Å². The molecule has 2 nitrogen and oxygen atoms in total. The van der Waals surface area contributed by atoms with E-state index >= 15 is 0 Å². The molecule has 0 saturated carbocycles. The van der Waals surface area contributed by atoms with Crippen LogP contribution in [0.2, 0.25) is 0 Å². The molecule has 0 aliphatic rings. The number of carbonyl (C=O) groups is 1. The number of carbonyl (C=O) groups excluding carboxylic acids is 1. The summed E-state index contributed by atoms with van der Waals surface area (Å²) < 4.78 is 0. The van der Waals surface area contributed by atoms with E-state index in [4.69, 9.17) is 0 Å². The van der Waals surface area contributed by atoms with Crippen molar-refractivity contribution in [2.75, 3.05) is 0 Å². The monoisotopic (exact) mass is 213 g/mol. The van der Waals surface area contributed by atoms with Gasteiger partial charge in [0.1, 0.15) is 0 Å². The molecule has 0 aliphatic carbocycles. The van der Waals surface area contributed by atoms with Crippen LogP contribution in [0.1, 0.15) is 67.2 Å². The van der Waals surface area contributed by atoms with E-state index in [1.165, 1.54) is 0 Å². The van der Waals surface area contributed by atoms with Gasteiger partial charge >= 0.3 is 0 Å². The summed E-state index contributed by atoms with van der Waals surface area (Å²) in [6.45, 7) is 12.5. The summed E-state index contributed by atoms with van der Waals surface area (Å²) >= 11 is 0. The van der Waals surface area contributed by atoms with Crippen molar-refractivity contribution >= 4 is 5.91 Å². The third-order valence-electron chi connectivity index (χ3n) is 2.82. The van der Waals surface area contributed by atoms with E-state index in [0.717, 1.165) is 25.7 Å². The van der Waals surface area contributed by atoms with Crippen molar-refractivity contribution < 1.29 is 4.79 Å². The Morgan fingerprint density at radius 3 is 1.87 bits per heavy atom. The summed E-state index contributed by atoms with van der Waals surface area (Å²) in [4.78, 5) is 12.0. The third kappa shape index (κ3) is 5.19. The second-order valence-corrected chi connectivity index (χ2v) is 5.72. The maximum Gasteiger partial charge on any atom is 0.226 e. The fourth-order valence-electron chi connectivity index (χ4n) is 1.90. The van der Waals surface area contributed by atoms with Crippen LogP contribution in [0, 0.1) is 5.41 Å². The third-order valence-corrected chi connectivity index (χ3v) is 2.82. The number of nitrogens with one attached hydrogen (secondary N) is 1. The van der Waals surface area contributed by atoms with Crippen molar-refractivity contribution in [3.8, 4) is 0 Å². The van der Waals surface area contributed by atoms with E-state index < -0.39 is 0 Å². The standard InChI is InChI=1S/C13H27NO/c1-7-9-12(3,4)11(15)14-13(5,6)10-8-2/h7-10H2,1-6H3,(H,14,15). The first-order valence-corrected chi connectivity index (χ1v) is 6.08. The van der Waals surface area contributed by atoms with E-state index in [1.807, 2.05) is 13.8 Å². The lowest BCUT2D eigenvalue weighted by molar-refractivity contribution is -0.131. The summed E-state index contributed by atoms with van der Waals surface area (Å²) in [6, 6.07) is 0. The summed E-state index contributed by atoms with van der Waals surface area (Å²) in [6.07, 6.45) is 4.12. The predicted molar refractivity (Wildman–Crippen MR) is 65.8 cm³/mol. The van der Waals surface area contributed by atoms with Crippen LogP contribution >= 0.6 is 0 Å². The molecule has 15 heavy (non-hydrogen) atoms. The number of rotatable bonds is 6. The van der Waals surface area contributed by atoms with Gasteiger partial charge in [-0.05, 0) is 26.7 Å². The molecule has 0 aliphatic heterocycles. The van der Waals surface area contributed by atoms with Gasteiger partial charge in [-0.15, -0.1) is 0 Å². The normalized spacial score (nSPS) is 12.7. The van der Waals surface area contributed by atoms with Crippen molar-refractivity contribution in [2.45, 2.75) is 72.8 Å². The van der Waals surface area contributed by atoms with Gasteiger partial charge in [0.15, 0.2) is 0 Å². The van der Waals surface area contributed by atoms with Crippen LogP contribution in [-0.4, -0.2) is 11.4 Å². The molecule has 0 radical (unpaired) electrons. The topological polar surface area (TPSA) is 29.1 Å². The average molecular weight is 213 g/mol. The zero-order valence-electron chi connectivity index (χ0n) is 11.2. The van der Waals surface area contributed by atoms with Crippen molar-refractivity contribution in [1.82, 2.24) is 5.32 Å². The van der Waals surface area contributed by atoms with Crippen LogP contribution in [0.4, 0.5) is 0 Å². The fraction of sp³-hybridized carbons (Fsp3) is 0.923. The van der Waals surface area contributed by atoms with Crippen LogP contribution in [0.5, 0.6) is 0 Å². The van der Waals surface area contributed by atoms with Gasteiger partial charge in [-0.1, -0.05) is 40.5 Å². The Kier molecular flexibility index (Phi) is 5.33. The molecule has 0 saturated heterocycles. The van der Waals surface area contributed by atoms with E-state index in [-0.39, 0.29) is 16.9 Å². The molecule has 0 bridgehead atoms. The highest BCUT2D eigenvalue weighted by Gasteiger charge is 2.30. The van der Waals surface area contributed by atoms with Gasteiger partial charge in [0, 0.05) is 11.0 Å². The lowest BCUT2D eigenvalue weighted by Gasteiger charge is -2.31. The Bertz CT molecular complexity index is 207. The van der Waals surface area contributed by atoms with Gasteiger partial charge in [0.05, 0.1) is 0 Å². The molecule has 0 aromatic rings. The second kappa shape index (κ2) is 5.53. The molecular weight excluding hydrogens is 186 g/mol. The van der Waals surface area contributed by atoms with Gasteiger partial charge in [-0.2, -0.15) is 0 Å². The van der Waals surface area contributed by atoms with E-state index in [1.54, 1.807) is 0 Å². The number of amides is 1. The Morgan fingerprint density at radius 2 is 1.47 bits per heavy atom. The smallest absolute Gasteiger partial charge is 0.226 e. The van der Waals surface area contributed by atoms with Crippen molar-refractivity contribution in [1.29, 1.82) is 0 Å². The first-order chi connectivity index (χ1) is 6.75. The SMILES string of the molecule is CCCC(C)(C)NC(=O)C(C)(C)CCC. The minimum Gasteiger partial charge on any atom is -0.351 e. The van der Waals surface area contributed by atoms with Gasteiger partial charge in [-0.25, -0.2) is 0 Å². The lowest BCUT2D eigenvalue weighted by Crippen LogP contribution is -2.48. The van der Waals surface area contributed by atoms with Gasteiger partial charge < -0.3 is 5.32 Å². The number of hydrogen-bond donors (Lipinski definition) is 1. The second-order valence-electron chi connectivity index (χ2n) is 5.72. The molecule has 2 heteroatoms. The fourth-order valence-corrected chi connectivity index (χ4v) is 1.90. The van der Waals surface area contributed by atoms with Crippen molar-refractivity contribution in [3.05, 3.63) is 0 Å². The molecule has 1 N–H and O–H groups in total. The van der Waals surface area contributed by atoms with Crippen LogP contribution in [-0.2, 0) is 4.79 Å². The molecule has 0 unspecified atom stereocenters. The van der Waals surface area contributed by atoms with Gasteiger partial charge in [0.2, 0.25) is 5.91 Å². The summed E-state index contributed by atoms with van der Waals surface area (Å²) in [7, 11) is 0. The highest BCUT2D eigenvalue weighted by atomic mass is 16.2. The summed E-state index contributed by atoms with van der Waals surface area (Å²) in [5.41, 5.74) is -0.309. The molecule has 0 heterocycles. The van der Waals surface area contributed by atoms with E-state index in [0.29, 0.717) is 0 Å².